The fourth-order valence-electron chi connectivity index (χ4n) is 1.75. The van der Waals surface area contributed by atoms with Gasteiger partial charge in [-0.1, -0.05) is 83.9 Å². The molecule has 0 saturated heterocycles. The molecule has 2 unspecified atom stereocenters. The predicted octanol–water partition coefficient (Wildman–Crippen LogP) is 5.29. The molecule has 0 aliphatic heterocycles. The number of halogens is 2. The minimum absolute atomic E-state index is 0.150. The van der Waals surface area contributed by atoms with Crippen LogP contribution in [0.2, 0.25) is 0 Å². The molecule has 0 fully saturated rings. The van der Waals surface area contributed by atoms with Crippen molar-refractivity contribution in [2.75, 3.05) is 0 Å². The third-order valence-electron chi connectivity index (χ3n) is 2.97. The number of carboxylic acids is 1. The van der Waals surface area contributed by atoms with Gasteiger partial charge in [0, 0.05) is 15.2 Å². The van der Waals surface area contributed by atoms with E-state index in [9.17, 15) is 4.79 Å². The first-order chi connectivity index (χ1) is 8.49. The summed E-state index contributed by atoms with van der Waals surface area (Å²) in [6.07, 6.45) is 9.28. The minimum Gasteiger partial charge on any atom is -0.478 e. The van der Waals surface area contributed by atoms with Gasteiger partial charge in [0.1, 0.15) is 0 Å². The van der Waals surface area contributed by atoms with Crippen LogP contribution in [0, 0.1) is 0 Å². The van der Waals surface area contributed by atoms with Gasteiger partial charge in [0.2, 0.25) is 0 Å². The highest BCUT2D eigenvalue weighted by Gasteiger charge is 2.18. The lowest BCUT2D eigenvalue weighted by Crippen LogP contribution is -2.16. The lowest BCUT2D eigenvalue weighted by molar-refractivity contribution is -0.132. The van der Waals surface area contributed by atoms with Crippen LogP contribution in [-0.4, -0.2) is 20.7 Å². The number of hydrogen-bond donors (Lipinski definition) is 1. The molecule has 0 aliphatic rings. The van der Waals surface area contributed by atoms with Crippen molar-refractivity contribution in [1.82, 2.24) is 0 Å². The van der Waals surface area contributed by atoms with Crippen molar-refractivity contribution in [3.05, 3.63) is 12.2 Å². The lowest BCUT2D eigenvalue weighted by Gasteiger charge is -2.16. The van der Waals surface area contributed by atoms with Crippen LogP contribution in [0.5, 0.6) is 0 Å². The van der Waals surface area contributed by atoms with Crippen LogP contribution in [0.4, 0.5) is 0 Å². The molecule has 1 N–H and O–H groups in total. The van der Waals surface area contributed by atoms with E-state index in [2.05, 4.69) is 45.4 Å². The zero-order valence-corrected chi connectivity index (χ0v) is 14.3. The number of unbranched alkanes of at least 4 members (excludes halogenated alkanes) is 5. The fraction of sp³-hybridized carbons (Fsp3) is 0.786. The summed E-state index contributed by atoms with van der Waals surface area (Å²) in [6.45, 7) is 5.78. The van der Waals surface area contributed by atoms with Crippen LogP contribution in [0.1, 0.15) is 58.3 Å². The summed E-state index contributed by atoms with van der Waals surface area (Å²) in [5, 5.41) is 8.77. The van der Waals surface area contributed by atoms with Crippen LogP contribution in [0.3, 0.4) is 0 Å². The molecule has 0 aromatic carbocycles. The highest BCUT2D eigenvalue weighted by molar-refractivity contribution is 9.12. The number of hydrogen-bond acceptors (Lipinski definition) is 1. The Hall–Kier alpha value is 0.170. The van der Waals surface area contributed by atoms with Crippen molar-refractivity contribution in [3.63, 3.8) is 0 Å². The van der Waals surface area contributed by atoms with E-state index in [4.69, 9.17) is 5.11 Å². The van der Waals surface area contributed by atoms with E-state index in [-0.39, 0.29) is 10.4 Å². The van der Waals surface area contributed by atoms with Gasteiger partial charge in [0.15, 0.2) is 0 Å². The molecule has 2 atom stereocenters. The number of alkyl halides is 2. The van der Waals surface area contributed by atoms with E-state index in [0.717, 1.165) is 6.42 Å². The lowest BCUT2D eigenvalue weighted by atomic mass is 10.0. The molecule has 0 aliphatic carbocycles. The van der Waals surface area contributed by atoms with Crippen LogP contribution >= 0.6 is 31.9 Å². The fourth-order valence-corrected chi connectivity index (χ4v) is 2.92. The van der Waals surface area contributed by atoms with Crippen molar-refractivity contribution in [3.8, 4) is 0 Å². The third-order valence-corrected chi connectivity index (χ3v) is 5.74. The highest BCUT2D eigenvalue weighted by atomic mass is 79.9. The molecule has 4 heteroatoms. The summed E-state index contributed by atoms with van der Waals surface area (Å²) in [6, 6.07) is 0. The molecule has 0 saturated carbocycles. The molecule has 0 aromatic rings. The molecule has 0 aromatic heterocycles. The Morgan fingerprint density at radius 2 is 1.67 bits per heavy atom. The summed E-state index contributed by atoms with van der Waals surface area (Å²) in [5.74, 6) is -0.904. The van der Waals surface area contributed by atoms with Gasteiger partial charge in [-0.25, -0.2) is 4.79 Å². The number of carboxylic acid groups (broad SMARTS) is 1. The van der Waals surface area contributed by atoms with Crippen LogP contribution < -0.4 is 0 Å². The van der Waals surface area contributed by atoms with Crippen molar-refractivity contribution < 1.29 is 9.90 Å². The van der Waals surface area contributed by atoms with Gasteiger partial charge in [-0.05, 0) is 12.8 Å². The van der Waals surface area contributed by atoms with Crippen LogP contribution in [0.15, 0.2) is 12.2 Å². The molecule has 18 heavy (non-hydrogen) atoms. The van der Waals surface area contributed by atoms with E-state index >= 15 is 0 Å². The van der Waals surface area contributed by atoms with Crippen molar-refractivity contribution >= 4 is 37.8 Å². The smallest absolute Gasteiger partial charge is 0.330 e. The van der Waals surface area contributed by atoms with Gasteiger partial charge in [0.05, 0.1) is 0 Å². The molecule has 106 valence electrons. The van der Waals surface area contributed by atoms with Crippen molar-refractivity contribution in [1.29, 1.82) is 0 Å². The second-order valence-electron chi connectivity index (χ2n) is 4.70. The first-order valence-corrected chi connectivity index (χ1v) is 8.51. The Morgan fingerprint density at radius 3 is 2.22 bits per heavy atom. The zero-order chi connectivity index (χ0) is 14.0. The molecule has 0 bridgehead atoms. The summed E-state index contributed by atoms with van der Waals surface area (Å²) >= 11 is 7.16. The van der Waals surface area contributed by atoms with Gasteiger partial charge in [0.25, 0.3) is 0 Å². The minimum atomic E-state index is -0.904. The molecule has 0 spiro atoms. The summed E-state index contributed by atoms with van der Waals surface area (Å²) in [4.78, 5) is 11.2. The summed E-state index contributed by atoms with van der Waals surface area (Å²) < 4.78 is 0. The second-order valence-corrected chi connectivity index (χ2v) is 7.05. The first-order valence-electron chi connectivity index (χ1n) is 6.68. The van der Waals surface area contributed by atoms with Gasteiger partial charge >= 0.3 is 5.97 Å². The Kier molecular flexibility index (Phi) is 11.1. The highest BCUT2D eigenvalue weighted by Crippen LogP contribution is 2.25. The molecule has 0 heterocycles. The third kappa shape index (κ3) is 9.15. The molecular weight excluding hydrogens is 360 g/mol. The van der Waals surface area contributed by atoms with E-state index in [0.29, 0.717) is 11.2 Å². The van der Waals surface area contributed by atoms with E-state index in [1.807, 2.05) is 0 Å². The van der Waals surface area contributed by atoms with Gasteiger partial charge in [-0.2, -0.15) is 0 Å². The van der Waals surface area contributed by atoms with Crippen molar-refractivity contribution in [2.45, 2.75) is 67.9 Å². The largest absolute Gasteiger partial charge is 0.478 e. The molecule has 0 amide bonds. The van der Waals surface area contributed by atoms with E-state index in [1.165, 1.54) is 38.5 Å². The number of aliphatic carboxylic acids is 1. The van der Waals surface area contributed by atoms with Crippen LogP contribution in [0.25, 0.3) is 0 Å². The Balaban J connectivity index is 3.65. The van der Waals surface area contributed by atoms with Crippen molar-refractivity contribution in [2.24, 2.45) is 0 Å². The normalized spacial score (nSPS) is 14.2. The average molecular weight is 384 g/mol. The Morgan fingerprint density at radius 1 is 1.11 bits per heavy atom. The van der Waals surface area contributed by atoms with Gasteiger partial charge < -0.3 is 5.11 Å². The quantitative estimate of drug-likeness (QED) is 0.298. The molecular formula is C14H24Br2O2. The first kappa shape index (κ1) is 18.2. The Labute approximate surface area is 127 Å². The average Bonchev–Trinajstić information content (AvgIpc) is 2.32. The summed E-state index contributed by atoms with van der Waals surface area (Å²) in [5.41, 5.74) is 0.268. The monoisotopic (exact) mass is 382 g/mol. The SMILES string of the molecule is C=C(CC(Br)C(Br)CCCCCCCC)C(=O)O. The maximum Gasteiger partial charge on any atom is 0.330 e. The maximum atomic E-state index is 10.7. The van der Waals surface area contributed by atoms with E-state index < -0.39 is 5.97 Å². The molecule has 0 rings (SSSR count). The standard InChI is InChI=1S/C14H24Br2O2/c1-3-4-5-6-7-8-9-12(15)13(16)10-11(2)14(17)18/h12-13H,2-10H2,1H3,(H,17,18). The number of carbonyl (C=O) groups is 1. The molecule has 2 nitrogen and oxygen atoms in total. The maximum absolute atomic E-state index is 10.7. The van der Waals surface area contributed by atoms with Gasteiger partial charge in [-0.15, -0.1) is 0 Å². The zero-order valence-electron chi connectivity index (χ0n) is 11.1. The van der Waals surface area contributed by atoms with E-state index in [1.54, 1.807) is 0 Å². The number of rotatable bonds is 11. The van der Waals surface area contributed by atoms with Gasteiger partial charge in [-0.3, -0.25) is 0 Å². The summed E-state index contributed by atoms with van der Waals surface area (Å²) in [7, 11) is 0. The topological polar surface area (TPSA) is 37.3 Å². The second kappa shape index (κ2) is 11.0. The molecule has 0 radical (unpaired) electrons. The van der Waals surface area contributed by atoms with Crippen LogP contribution in [-0.2, 0) is 4.79 Å². The predicted molar refractivity (Wildman–Crippen MR) is 84.8 cm³/mol. The Bertz CT molecular complexity index is 254.